The van der Waals surface area contributed by atoms with Gasteiger partial charge in [-0.3, -0.25) is 9.59 Å². The summed E-state index contributed by atoms with van der Waals surface area (Å²) in [4.78, 5) is 25.6. The highest BCUT2D eigenvalue weighted by Gasteiger charge is 2.33. The fraction of sp³-hybridized carbons (Fsp3) is 0.294. The maximum atomic E-state index is 14.1. The summed E-state index contributed by atoms with van der Waals surface area (Å²) in [7, 11) is 1.35. The molecule has 1 atom stereocenters. The molecule has 6 nitrogen and oxygen atoms in total. The SMILES string of the molecule is COc1ccc(C(CC(=O)O)N2CCn3cc(Br)cc3C2=O)cc1F. The second-order valence-electron chi connectivity index (χ2n) is 5.74. The Balaban J connectivity index is 1.98. The van der Waals surface area contributed by atoms with Gasteiger partial charge in [0, 0.05) is 23.8 Å². The minimum absolute atomic E-state index is 0.0700. The lowest BCUT2D eigenvalue weighted by Gasteiger charge is -2.35. The first-order chi connectivity index (χ1) is 11.9. The third-order valence-electron chi connectivity index (χ3n) is 4.23. The second-order valence-corrected chi connectivity index (χ2v) is 6.66. The van der Waals surface area contributed by atoms with Crippen molar-refractivity contribution in [2.45, 2.75) is 19.0 Å². The molecule has 1 amide bonds. The molecule has 0 radical (unpaired) electrons. The van der Waals surface area contributed by atoms with Gasteiger partial charge in [-0.25, -0.2) is 4.39 Å². The monoisotopic (exact) mass is 410 g/mol. The van der Waals surface area contributed by atoms with Crippen LogP contribution in [0.2, 0.25) is 0 Å². The van der Waals surface area contributed by atoms with Gasteiger partial charge in [0.2, 0.25) is 0 Å². The smallest absolute Gasteiger partial charge is 0.305 e. The summed E-state index contributed by atoms with van der Waals surface area (Å²) in [5, 5.41) is 9.26. The number of amides is 1. The summed E-state index contributed by atoms with van der Waals surface area (Å²) in [5.41, 5.74) is 0.899. The summed E-state index contributed by atoms with van der Waals surface area (Å²) in [5.74, 6) is -1.86. The van der Waals surface area contributed by atoms with Gasteiger partial charge in [0.1, 0.15) is 5.69 Å². The van der Waals surface area contributed by atoms with Crippen LogP contribution in [0.25, 0.3) is 0 Å². The summed E-state index contributed by atoms with van der Waals surface area (Å²) >= 11 is 3.34. The molecule has 0 spiro atoms. The van der Waals surface area contributed by atoms with Gasteiger partial charge in [0.25, 0.3) is 5.91 Å². The molecule has 8 heteroatoms. The number of hydrogen-bond acceptors (Lipinski definition) is 3. The number of fused-ring (bicyclic) bond motifs is 1. The molecule has 1 aliphatic heterocycles. The Kier molecular flexibility index (Phi) is 4.80. The Morgan fingerprint density at radius 2 is 2.16 bits per heavy atom. The van der Waals surface area contributed by atoms with Crippen molar-refractivity contribution < 1.29 is 23.8 Å². The molecule has 0 saturated heterocycles. The van der Waals surface area contributed by atoms with E-state index < -0.39 is 17.8 Å². The lowest BCUT2D eigenvalue weighted by atomic mass is 10.00. The highest BCUT2D eigenvalue weighted by atomic mass is 79.9. The Labute approximate surface area is 151 Å². The molecule has 3 rings (SSSR count). The average Bonchev–Trinajstić information content (AvgIpc) is 2.94. The molecule has 0 fully saturated rings. The van der Waals surface area contributed by atoms with Crippen LogP contribution in [-0.2, 0) is 11.3 Å². The predicted molar refractivity (Wildman–Crippen MR) is 91.1 cm³/mol. The molecular formula is C17H16BrFN2O4. The molecule has 1 unspecified atom stereocenters. The van der Waals surface area contributed by atoms with Gasteiger partial charge in [0.05, 0.1) is 19.6 Å². The van der Waals surface area contributed by atoms with E-state index in [1.165, 1.54) is 24.1 Å². The zero-order chi connectivity index (χ0) is 18.1. The van der Waals surface area contributed by atoms with Crippen LogP contribution in [0.1, 0.15) is 28.5 Å². The van der Waals surface area contributed by atoms with Crippen LogP contribution in [0, 0.1) is 5.82 Å². The summed E-state index contributed by atoms with van der Waals surface area (Å²) < 4.78 is 21.6. The highest BCUT2D eigenvalue weighted by molar-refractivity contribution is 9.10. The normalized spacial score (nSPS) is 15.0. The van der Waals surface area contributed by atoms with Crippen LogP contribution in [-0.4, -0.2) is 40.1 Å². The summed E-state index contributed by atoms with van der Waals surface area (Å²) in [6, 6.07) is 5.19. The zero-order valence-electron chi connectivity index (χ0n) is 13.4. The van der Waals surface area contributed by atoms with Crippen molar-refractivity contribution in [3.05, 3.63) is 52.0 Å². The first-order valence-corrected chi connectivity index (χ1v) is 8.42. The van der Waals surface area contributed by atoms with Crippen LogP contribution in [0.3, 0.4) is 0 Å². The number of benzene rings is 1. The quantitative estimate of drug-likeness (QED) is 0.821. The van der Waals surface area contributed by atoms with Crippen molar-refractivity contribution in [2.75, 3.05) is 13.7 Å². The largest absolute Gasteiger partial charge is 0.494 e. The van der Waals surface area contributed by atoms with Crippen molar-refractivity contribution in [1.29, 1.82) is 0 Å². The zero-order valence-corrected chi connectivity index (χ0v) is 15.0. The molecule has 0 bridgehead atoms. The number of methoxy groups -OCH3 is 1. The van der Waals surface area contributed by atoms with Crippen LogP contribution in [0.5, 0.6) is 5.75 Å². The van der Waals surface area contributed by atoms with Gasteiger partial charge in [-0.2, -0.15) is 0 Å². The minimum atomic E-state index is -1.06. The van der Waals surface area contributed by atoms with Gasteiger partial charge in [-0.05, 0) is 39.7 Å². The van der Waals surface area contributed by atoms with Crippen LogP contribution in [0.15, 0.2) is 34.9 Å². The van der Waals surface area contributed by atoms with Crippen LogP contribution < -0.4 is 4.74 Å². The van der Waals surface area contributed by atoms with E-state index in [1.54, 1.807) is 12.1 Å². The number of carboxylic acid groups (broad SMARTS) is 1. The van der Waals surface area contributed by atoms with E-state index >= 15 is 0 Å². The van der Waals surface area contributed by atoms with Crippen molar-refractivity contribution >= 4 is 27.8 Å². The minimum Gasteiger partial charge on any atom is -0.494 e. The molecule has 1 aromatic heterocycles. The van der Waals surface area contributed by atoms with E-state index in [2.05, 4.69) is 15.9 Å². The average molecular weight is 411 g/mol. The van der Waals surface area contributed by atoms with E-state index in [0.29, 0.717) is 24.3 Å². The molecule has 1 aromatic carbocycles. The van der Waals surface area contributed by atoms with E-state index in [4.69, 9.17) is 4.74 Å². The summed E-state index contributed by atoms with van der Waals surface area (Å²) in [6.07, 6.45) is 1.50. The molecule has 2 heterocycles. The third kappa shape index (κ3) is 3.39. The Hall–Kier alpha value is -2.35. The van der Waals surface area contributed by atoms with E-state index in [1.807, 2.05) is 10.8 Å². The second kappa shape index (κ2) is 6.87. The van der Waals surface area contributed by atoms with Crippen molar-refractivity contribution in [1.82, 2.24) is 9.47 Å². The Morgan fingerprint density at radius 1 is 1.40 bits per heavy atom. The fourth-order valence-corrected chi connectivity index (χ4v) is 3.53. The van der Waals surface area contributed by atoms with Crippen molar-refractivity contribution in [2.24, 2.45) is 0 Å². The maximum Gasteiger partial charge on any atom is 0.305 e. The van der Waals surface area contributed by atoms with Gasteiger partial charge in [-0.1, -0.05) is 6.07 Å². The topological polar surface area (TPSA) is 71.8 Å². The molecule has 1 N–H and O–H groups in total. The molecule has 0 aliphatic carbocycles. The number of hydrogen-bond donors (Lipinski definition) is 1. The lowest BCUT2D eigenvalue weighted by molar-refractivity contribution is -0.138. The maximum absolute atomic E-state index is 14.1. The standard InChI is InChI=1S/C17H16BrFN2O4/c1-25-15-3-2-10(6-12(15)19)13(8-16(22)23)21-5-4-20-9-11(18)7-14(20)17(21)24/h2-3,6-7,9,13H,4-5,8H2,1H3,(H,22,23). The number of carbonyl (C=O) groups excluding carboxylic acids is 1. The van der Waals surface area contributed by atoms with Crippen molar-refractivity contribution in [3.63, 3.8) is 0 Å². The van der Waals surface area contributed by atoms with E-state index in [-0.39, 0.29) is 18.1 Å². The number of aliphatic carboxylic acids is 1. The summed E-state index contributed by atoms with van der Waals surface area (Å²) in [6.45, 7) is 0.889. The molecule has 132 valence electrons. The molecule has 2 aromatic rings. The van der Waals surface area contributed by atoms with Crippen LogP contribution >= 0.6 is 15.9 Å². The highest BCUT2D eigenvalue weighted by Crippen LogP contribution is 2.32. The van der Waals surface area contributed by atoms with Crippen molar-refractivity contribution in [3.8, 4) is 5.75 Å². The molecular weight excluding hydrogens is 395 g/mol. The van der Waals surface area contributed by atoms with Gasteiger partial charge in [-0.15, -0.1) is 0 Å². The lowest BCUT2D eigenvalue weighted by Crippen LogP contribution is -2.43. The number of aromatic nitrogens is 1. The Bertz CT molecular complexity index is 836. The van der Waals surface area contributed by atoms with Crippen LogP contribution in [0.4, 0.5) is 4.39 Å². The van der Waals surface area contributed by atoms with E-state index in [0.717, 1.165) is 4.47 Å². The Morgan fingerprint density at radius 3 is 2.80 bits per heavy atom. The number of halogens is 2. The fourth-order valence-electron chi connectivity index (χ4n) is 3.06. The molecule has 25 heavy (non-hydrogen) atoms. The molecule has 0 saturated carbocycles. The number of carboxylic acids is 1. The van der Waals surface area contributed by atoms with Gasteiger partial charge in [0.15, 0.2) is 11.6 Å². The first kappa shape index (κ1) is 17.5. The number of nitrogens with zero attached hydrogens (tertiary/aromatic N) is 2. The van der Waals surface area contributed by atoms with Gasteiger partial charge >= 0.3 is 5.97 Å². The van der Waals surface area contributed by atoms with E-state index in [9.17, 15) is 19.1 Å². The first-order valence-electron chi connectivity index (χ1n) is 7.62. The van der Waals surface area contributed by atoms with Gasteiger partial charge < -0.3 is 19.3 Å². The number of ether oxygens (including phenoxy) is 1. The predicted octanol–water partition coefficient (Wildman–Crippen LogP) is 3.07. The number of rotatable bonds is 5. The number of carbonyl (C=O) groups is 2. The third-order valence-corrected chi connectivity index (χ3v) is 4.66. The molecule has 1 aliphatic rings.